The standard InChI is InChI=1S/C14H20ClNO/c1-10-8-12(2-3-13(10)15)14(16)9-11-4-6-17-7-5-11/h2-3,8,11,14H,4-7,9,16H2,1H3. The van der Waals surface area contributed by atoms with E-state index in [-0.39, 0.29) is 6.04 Å². The van der Waals surface area contributed by atoms with Crippen molar-refractivity contribution in [3.8, 4) is 0 Å². The largest absolute Gasteiger partial charge is 0.381 e. The fourth-order valence-corrected chi connectivity index (χ4v) is 2.49. The Kier molecular flexibility index (Phi) is 4.43. The summed E-state index contributed by atoms with van der Waals surface area (Å²) in [5, 5.41) is 0.812. The van der Waals surface area contributed by atoms with Crippen LogP contribution in [0.3, 0.4) is 0 Å². The zero-order chi connectivity index (χ0) is 12.3. The topological polar surface area (TPSA) is 35.2 Å². The third-order valence-electron chi connectivity index (χ3n) is 3.54. The molecule has 1 aromatic carbocycles. The molecule has 0 aromatic heterocycles. The molecule has 1 aliphatic rings. The van der Waals surface area contributed by atoms with Gasteiger partial charge in [-0.15, -0.1) is 0 Å². The van der Waals surface area contributed by atoms with E-state index in [0.29, 0.717) is 5.92 Å². The van der Waals surface area contributed by atoms with Crippen LogP contribution in [0.15, 0.2) is 18.2 Å². The minimum atomic E-state index is 0.120. The van der Waals surface area contributed by atoms with E-state index in [1.807, 2.05) is 19.1 Å². The van der Waals surface area contributed by atoms with Crippen molar-refractivity contribution in [1.29, 1.82) is 0 Å². The molecule has 1 aliphatic heterocycles. The predicted molar refractivity (Wildman–Crippen MR) is 71.3 cm³/mol. The number of ether oxygens (including phenoxy) is 1. The highest BCUT2D eigenvalue weighted by atomic mass is 35.5. The maximum atomic E-state index is 6.26. The van der Waals surface area contributed by atoms with E-state index < -0.39 is 0 Å². The van der Waals surface area contributed by atoms with Crippen molar-refractivity contribution in [2.45, 2.75) is 32.2 Å². The van der Waals surface area contributed by atoms with Crippen LogP contribution in [0.5, 0.6) is 0 Å². The van der Waals surface area contributed by atoms with Gasteiger partial charge in [0.15, 0.2) is 0 Å². The molecule has 0 radical (unpaired) electrons. The Morgan fingerprint density at radius 1 is 1.41 bits per heavy atom. The van der Waals surface area contributed by atoms with Crippen molar-refractivity contribution in [1.82, 2.24) is 0 Å². The molecule has 0 amide bonds. The summed E-state index contributed by atoms with van der Waals surface area (Å²) in [6.07, 6.45) is 3.32. The predicted octanol–water partition coefficient (Wildman–Crippen LogP) is 3.46. The molecule has 1 heterocycles. The van der Waals surface area contributed by atoms with Crippen molar-refractivity contribution in [3.05, 3.63) is 34.3 Å². The molecule has 17 heavy (non-hydrogen) atoms. The SMILES string of the molecule is Cc1cc(C(N)CC2CCOCC2)ccc1Cl. The molecule has 1 fully saturated rings. The minimum Gasteiger partial charge on any atom is -0.381 e. The van der Waals surface area contributed by atoms with Crippen LogP contribution in [-0.4, -0.2) is 13.2 Å². The van der Waals surface area contributed by atoms with Gasteiger partial charge in [-0.25, -0.2) is 0 Å². The lowest BCUT2D eigenvalue weighted by atomic mass is 9.89. The van der Waals surface area contributed by atoms with Crippen LogP contribution in [0.2, 0.25) is 5.02 Å². The van der Waals surface area contributed by atoms with Gasteiger partial charge in [0.05, 0.1) is 0 Å². The quantitative estimate of drug-likeness (QED) is 0.895. The number of hydrogen-bond donors (Lipinski definition) is 1. The van der Waals surface area contributed by atoms with Gasteiger partial charge in [0, 0.05) is 24.3 Å². The van der Waals surface area contributed by atoms with Crippen molar-refractivity contribution < 1.29 is 4.74 Å². The third-order valence-corrected chi connectivity index (χ3v) is 3.96. The van der Waals surface area contributed by atoms with E-state index in [1.54, 1.807) is 0 Å². The number of benzene rings is 1. The molecule has 2 N–H and O–H groups in total. The third kappa shape index (κ3) is 3.44. The molecule has 3 heteroatoms. The summed E-state index contributed by atoms with van der Waals surface area (Å²) in [4.78, 5) is 0. The van der Waals surface area contributed by atoms with Gasteiger partial charge in [0.2, 0.25) is 0 Å². The van der Waals surface area contributed by atoms with E-state index >= 15 is 0 Å². The van der Waals surface area contributed by atoms with Crippen LogP contribution < -0.4 is 5.73 Å². The van der Waals surface area contributed by atoms with Gasteiger partial charge < -0.3 is 10.5 Å². The van der Waals surface area contributed by atoms with Crippen molar-refractivity contribution in [3.63, 3.8) is 0 Å². The number of nitrogens with two attached hydrogens (primary N) is 1. The summed E-state index contributed by atoms with van der Waals surface area (Å²) in [6.45, 7) is 3.79. The molecule has 1 atom stereocenters. The van der Waals surface area contributed by atoms with Gasteiger partial charge >= 0.3 is 0 Å². The number of halogens is 1. The normalized spacial score (nSPS) is 19.2. The Hall–Kier alpha value is -0.570. The second-order valence-electron chi connectivity index (χ2n) is 4.91. The van der Waals surface area contributed by atoms with Gasteiger partial charge in [-0.1, -0.05) is 23.7 Å². The fraction of sp³-hybridized carbons (Fsp3) is 0.571. The zero-order valence-electron chi connectivity index (χ0n) is 10.3. The molecule has 1 saturated heterocycles. The van der Waals surface area contributed by atoms with Crippen molar-refractivity contribution in [2.24, 2.45) is 11.7 Å². The molecule has 94 valence electrons. The van der Waals surface area contributed by atoms with Crippen LogP contribution in [0.4, 0.5) is 0 Å². The van der Waals surface area contributed by atoms with Crippen LogP contribution in [-0.2, 0) is 4.74 Å². The first-order chi connectivity index (χ1) is 8.16. The van der Waals surface area contributed by atoms with E-state index in [9.17, 15) is 0 Å². The van der Waals surface area contributed by atoms with E-state index in [1.165, 1.54) is 5.56 Å². The van der Waals surface area contributed by atoms with Crippen LogP contribution in [0.1, 0.15) is 36.4 Å². The summed E-state index contributed by atoms with van der Waals surface area (Å²) in [7, 11) is 0. The van der Waals surface area contributed by atoms with Crippen LogP contribution in [0, 0.1) is 12.8 Å². The van der Waals surface area contributed by atoms with Crippen molar-refractivity contribution >= 4 is 11.6 Å². The first kappa shape index (κ1) is 12.9. The first-order valence-corrected chi connectivity index (χ1v) is 6.64. The maximum absolute atomic E-state index is 6.26. The van der Waals surface area contributed by atoms with E-state index in [2.05, 4.69) is 6.07 Å². The Bertz CT molecular complexity index is 374. The molecule has 1 unspecified atom stereocenters. The Labute approximate surface area is 108 Å². The molecular formula is C14H20ClNO. The Balaban J connectivity index is 1.98. The van der Waals surface area contributed by atoms with E-state index in [4.69, 9.17) is 22.1 Å². The summed E-state index contributed by atoms with van der Waals surface area (Å²) >= 11 is 6.02. The summed E-state index contributed by atoms with van der Waals surface area (Å²) in [6, 6.07) is 6.20. The fourth-order valence-electron chi connectivity index (χ4n) is 2.38. The summed E-state index contributed by atoms with van der Waals surface area (Å²) in [5.41, 5.74) is 8.56. The second kappa shape index (κ2) is 5.85. The highest BCUT2D eigenvalue weighted by Gasteiger charge is 2.18. The van der Waals surface area contributed by atoms with Crippen LogP contribution in [0.25, 0.3) is 0 Å². The van der Waals surface area contributed by atoms with Gasteiger partial charge in [-0.05, 0) is 49.3 Å². The zero-order valence-corrected chi connectivity index (χ0v) is 11.0. The first-order valence-electron chi connectivity index (χ1n) is 6.26. The lowest BCUT2D eigenvalue weighted by Gasteiger charge is -2.25. The molecule has 1 aromatic rings. The molecule has 2 nitrogen and oxygen atoms in total. The number of hydrogen-bond acceptors (Lipinski definition) is 2. The molecular weight excluding hydrogens is 234 g/mol. The molecule has 0 spiro atoms. The molecule has 0 aliphatic carbocycles. The second-order valence-corrected chi connectivity index (χ2v) is 5.31. The highest BCUT2D eigenvalue weighted by molar-refractivity contribution is 6.31. The van der Waals surface area contributed by atoms with Gasteiger partial charge in [-0.2, -0.15) is 0 Å². The van der Waals surface area contributed by atoms with Crippen molar-refractivity contribution in [2.75, 3.05) is 13.2 Å². The van der Waals surface area contributed by atoms with Gasteiger partial charge in [-0.3, -0.25) is 0 Å². The Morgan fingerprint density at radius 2 is 2.12 bits per heavy atom. The van der Waals surface area contributed by atoms with Crippen LogP contribution >= 0.6 is 11.6 Å². The summed E-state index contributed by atoms with van der Waals surface area (Å²) in [5.74, 6) is 0.703. The maximum Gasteiger partial charge on any atom is 0.0468 e. The van der Waals surface area contributed by atoms with E-state index in [0.717, 1.165) is 43.1 Å². The lowest BCUT2D eigenvalue weighted by Crippen LogP contribution is -2.21. The summed E-state index contributed by atoms with van der Waals surface area (Å²) < 4.78 is 5.36. The molecule has 2 rings (SSSR count). The minimum absolute atomic E-state index is 0.120. The average Bonchev–Trinajstić information content (AvgIpc) is 2.34. The monoisotopic (exact) mass is 253 g/mol. The lowest BCUT2D eigenvalue weighted by molar-refractivity contribution is 0.0618. The molecule has 0 bridgehead atoms. The smallest absolute Gasteiger partial charge is 0.0468 e. The van der Waals surface area contributed by atoms with Gasteiger partial charge in [0.1, 0.15) is 0 Å². The highest BCUT2D eigenvalue weighted by Crippen LogP contribution is 2.27. The Morgan fingerprint density at radius 3 is 2.76 bits per heavy atom. The number of rotatable bonds is 3. The number of aryl methyl sites for hydroxylation is 1. The average molecular weight is 254 g/mol. The van der Waals surface area contributed by atoms with Gasteiger partial charge in [0.25, 0.3) is 0 Å². The molecule has 0 saturated carbocycles.